The van der Waals surface area contributed by atoms with E-state index in [4.69, 9.17) is 0 Å². The fourth-order valence-electron chi connectivity index (χ4n) is 5.05. The normalized spacial score (nSPS) is 12.0. The van der Waals surface area contributed by atoms with Crippen LogP contribution in [0.25, 0.3) is 0 Å². The van der Waals surface area contributed by atoms with E-state index in [1.807, 2.05) is 85.1 Å². The van der Waals surface area contributed by atoms with Gasteiger partial charge in [-0.15, -0.1) is 0 Å². The van der Waals surface area contributed by atoms with E-state index >= 15 is 0 Å². The second-order valence-corrected chi connectivity index (χ2v) is 14.4. The Balaban J connectivity index is 1.68. The van der Waals surface area contributed by atoms with Gasteiger partial charge in [-0.25, -0.2) is 0 Å². The van der Waals surface area contributed by atoms with Gasteiger partial charge in [0.05, 0.1) is 0 Å². The van der Waals surface area contributed by atoms with Gasteiger partial charge < -0.3 is 0 Å². The number of ketones is 1. The van der Waals surface area contributed by atoms with Gasteiger partial charge in [-0.2, -0.15) is 0 Å². The number of nitrogens with one attached hydrogen (secondary N) is 1. The fourth-order valence-corrected chi connectivity index (χ4v) is 10.9. The van der Waals surface area contributed by atoms with Crippen LogP contribution in [0.2, 0.25) is 0 Å². The molecule has 0 saturated heterocycles. The Morgan fingerprint density at radius 2 is 1.05 bits per heavy atom. The molecule has 0 unspecified atom stereocenters. The topological polar surface area (TPSA) is 46.2 Å². The molecule has 5 heteroatoms. The summed E-state index contributed by atoms with van der Waals surface area (Å²) < 4.78 is 0. The van der Waals surface area contributed by atoms with Gasteiger partial charge in [0.2, 0.25) is 0 Å². The van der Waals surface area contributed by atoms with Crippen LogP contribution in [-0.2, 0) is 0 Å². The number of carbonyl (C=O) groups excluding carboxylic acids is 2. The summed E-state index contributed by atoms with van der Waals surface area (Å²) >= 11 is 1.42. The van der Waals surface area contributed by atoms with E-state index in [0.717, 1.165) is 26.9 Å². The molecule has 204 valence electrons. The summed E-state index contributed by atoms with van der Waals surface area (Å²) in [6, 6.07) is 48.2. The molecule has 5 aromatic carbocycles. The van der Waals surface area contributed by atoms with Crippen LogP contribution < -0.4 is 21.2 Å². The van der Waals surface area contributed by atoms with Crippen LogP contribution in [0, 0.1) is 6.92 Å². The third-order valence-electron chi connectivity index (χ3n) is 7.10. The van der Waals surface area contributed by atoms with Crippen LogP contribution in [-0.4, -0.2) is 17.4 Å². The van der Waals surface area contributed by atoms with E-state index in [1.165, 1.54) is 11.8 Å². The maximum absolute atomic E-state index is 13.8. The molecule has 5 aromatic rings. The van der Waals surface area contributed by atoms with Crippen molar-refractivity contribution in [2.24, 2.45) is 0 Å². The first kappa shape index (κ1) is 28.3. The van der Waals surface area contributed by atoms with E-state index in [2.05, 4.69) is 78.1 Å². The fraction of sp³-hybridized carbons (Fsp3) is 0.0556. The second-order valence-electron chi connectivity index (χ2n) is 9.80. The van der Waals surface area contributed by atoms with Crippen molar-refractivity contribution in [1.82, 2.24) is 5.32 Å². The molecule has 0 aromatic heterocycles. The number of hydrogen-bond donors (Lipinski definition) is 1. The average molecular weight is 574 g/mol. The van der Waals surface area contributed by atoms with Crippen LogP contribution in [0.5, 0.6) is 0 Å². The number of amides is 1. The van der Waals surface area contributed by atoms with Crippen molar-refractivity contribution in [3.63, 3.8) is 0 Å². The zero-order valence-electron chi connectivity index (χ0n) is 22.9. The van der Waals surface area contributed by atoms with Crippen molar-refractivity contribution < 1.29 is 9.59 Å². The number of benzene rings is 5. The Labute approximate surface area is 246 Å². The van der Waals surface area contributed by atoms with Crippen molar-refractivity contribution in [2.75, 3.05) is 5.75 Å². The molecule has 1 amide bonds. The van der Waals surface area contributed by atoms with Gasteiger partial charge in [0, 0.05) is 0 Å². The van der Waals surface area contributed by atoms with E-state index in [9.17, 15) is 9.59 Å². The molecule has 0 radical (unpaired) electrons. The van der Waals surface area contributed by atoms with Crippen LogP contribution in [0.3, 0.4) is 0 Å². The van der Waals surface area contributed by atoms with Gasteiger partial charge >= 0.3 is 247 Å². The first-order valence-electron chi connectivity index (χ1n) is 13.5. The Bertz CT molecular complexity index is 1530. The van der Waals surface area contributed by atoms with Crippen molar-refractivity contribution in [1.29, 1.82) is 0 Å². The van der Waals surface area contributed by atoms with E-state index < -0.39 is 7.26 Å². The number of thioether (sulfide) groups is 1. The van der Waals surface area contributed by atoms with Gasteiger partial charge in [-0.3, -0.25) is 0 Å². The summed E-state index contributed by atoms with van der Waals surface area (Å²) in [6.45, 7) is 2.01. The molecule has 0 fully saturated rings. The third-order valence-corrected chi connectivity index (χ3v) is 12.8. The summed E-state index contributed by atoms with van der Waals surface area (Å²) in [5, 5.41) is 8.79. The molecule has 0 aliphatic rings. The predicted octanol–water partition coefficient (Wildman–Crippen LogP) is 6.87. The summed E-state index contributed by atoms with van der Waals surface area (Å²) in [6.07, 6.45) is 0. The summed E-state index contributed by atoms with van der Waals surface area (Å²) in [5.41, 5.74) is 3.17. The van der Waals surface area contributed by atoms with Gasteiger partial charge in [0.25, 0.3) is 0 Å². The van der Waals surface area contributed by atoms with Crippen LogP contribution >= 0.6 is 19.0 Å². The van der Waals surface area contributed by atoms with Gasteiger partial charge in [-0.1, -0.05) is 0 Å². The van der Waals surface area contributed by atoms with Gasteiger partial charge in [0.15, 0.2) is 0 Å². The van der Waals surface area contributed by atoms with Gasteiger partial charge in [0.1, 0.15) is 0 Å². The van der Waals surface area contributed by atoms with Crippen LogP contribution in [0.4, 0.5) is 0 Å². The Kier molecular flexibility index (Phi) is 9.26. The maximum atomic E-state index is 13.8. The second kappa shape index (κ2) is 13.4. The van der Waals surface area contributed by atoms with Crippen molar-refractivity contribution in [3.05, 3.63) is 173 Å². The first-order valence-corrected chi connectivity index (χ1v) is 16.6. The molecule has 0 saturated carbocycles. The van der Waals surface area contributed by atoms with Crippen molar-refractivity contribution in [2.45, 2.75) is 6.92 Å². The van der Waals surface area contributed by atoms with Crippen molar-refractivity contribution in [3.8, 4) is 0 Å². The summed E-state index contributed by atoms with van der Waals surface area (Å²) in [5.74, 6) is 0.130. The van der Waals surface area contributed by atoms with Crippen LogP contribution in [0.15, 0.2) is 156 Å². The molecular weight excluding hydrogens is 541 g/mol. The number of carbonyl (C=O) groups is 2. The minimum absolute atomic E-state index is 0.0439. The standard InChI is InChI=1S/C36H32NO2PS/c1-28-22-24-30(25-23-28)36(39)37-35(27-41-26-34(38)29-14-6-2-7-15-29)40(31-16-8-3-9-17-31,32-18-10-4-11-19-32)33-20-12-5-13-21-33/h2-25,27,40H,26H2,1H3,(H,37,39). The number of rotatable bonds is 10. The zero-order valence-corrected chi connectivity index (χ0v) is 24.7. The summed E-state index contributed by atoms with van der Waals surface area (Å²) in [7, 11) is -3.01. The molecule has 0 aliphatic carbocycles. The molecule has 0 aliphatic heterocycles. The molecule has 0 bridgehead atoms. The molecule has 0 spiro atoms. The molecule has 5 rings (SSSR count). The van der Waals surface area contributed by atoms with E-state index in [0.29, 0.717) is 11.1 Å². The molecule has 1 N–H and O–H groups in total. The molecular formula is C36H32NO2PS. The number of aryl methyl sites for hydroxylation is 1. The average Bonchev–Trinajstić information content (AvgIpc) is 3.03. The SMILES string of the molecule is Cc1ccc(C(=O)NC(=CSCC(=O)c2ccccc2)[PH](c2ccccc2)(c2ccccc2)c2ccccc2)cc1. The van der Waals surface area contributed by atoms with Gasteiger partial charge in [-0.05, 0) is 0 Å². The number of hydrogen-bond acceptors (Lipinski definition) is 3. The quantitative estimate of drug-likeness (QED) is 0.147. The van der Waals surface area contributed by atoms with Crippen molar-refractivity contribution >= 4 is 46.6 Å². The van der Waals surface area contributed by atoms with E-state index in [-0.39, 0.29) is 17.4 Å². The number of Topliss-reactive ketones (excluding diaryl/α,β-unsaturated/α-hetero) is 1. The first-order chi connectivity index (χ1) is 20.1. The Morgan fingerprint density at radius 1 is 0.610 bits per heavy atom. The third kappa shape index (κ3) is 6.41. The zero-order chi connectivity index (χ0) is 28.5. The molecule has 0 heterocycles. The molecule has 41 heavy (non-hydrogen) atoms. The monoisotopic (exact) mass is 573 g/mol. The summed E-state index contributed by atoms with van der Waals surface area (Å²) in [4.78, 5) is 26.9. The van der Waals surface area contributed by atoms with E-state index in [1.54, 1.807) is 0 Å². The molecule has 0 atom stereocenters. The molecule has 3 nitrogen and oxygen atoms in total. The van der Waals surface area contributed by atoms with Crippen LogP contribution in [0.1, 0.15) is 26.3 Å². The Hall–Kier alpha value is -4.24. The Morgan fingerprint density at radius 3 is 1.51 bits per heavy atom. The minimum atomic E-state index is -3.01. The predicted molar refractivity (Wildman–Crippen MR) is 177 cm³/mol.